The van der Waals surface area contributed by atoms with Crippen molar-refractivity contribution in [2.24, 2.45) is 17.6 Å². The molecule has 0 saturated carbocycles. The first-order valence-electron chi connectivity index (χ1n) is 13.2. The van der Waals surface area contributed by atoms with Crippen molar-refractivity contribution in [3.63, 3.8) is 0 Å². The molecule has 0 saturated heterocycles. The highest BCUT2D eigenvalue weighted by Gasteiger charge is 2.63. The van der Waals surface area contributed by atoms with Gasteiger partial charge < -0.3 is 40.6 Å². The molecule has 12 heteroatoms. The molecule has 1 aromatic heterocycles. The Morgan fingerprint density at radius 1 is 1.22 bits per heavy atom. The number of rotatable bonds is 8. The molecule has 218 valence electrons. The summed E-state index contributed by atoms with van der Waals surface area (Å²) in [5, 5.41) is 48.1. The lowest BCUT2D eigenvalue weighted by Gasteiger charge is -2.50. The smallest absolute Gasteiger partial charge is 0.255 e. The van der Waals surface area contributed by atoms with Crippen LogP contribution in [0.3, 0.4) is 0 Å². The number of amides is 1. The fourth-order valence-electron chi connectivity index (χ4n) is 6.57. The number of ketones is 2. The molecule has 5 rings (SSSR count). The molecule has 0 bridgehead atoms. The van der Waals surface area contributed by atoms with Crippen molar-refractivity contribution in [2.45, 2.75) is 31.0 Å². The first kappa shape index (κ1) is 28.6. The number of benzene rings is 1. The number of ether oxygens (including phenoxy) is 1. The van der Waals surface area contributed by atoms with Crippen LogP contribution in [0, 0.1) is 11.8 Å². The monoisotopic (exact) mass is 567 g/mol. The minimum Gasteiger partial charge on any atom is -0.510 e. The molecule has 1 aromatic carbocycles. The number of furan rings is 1. The minimum atomic E-state index is -2.68. The summed E-state index contributed by atoms with van der Waals surface area (Å²) in [6.45, 7) is 1.59. The number of likely N-dealkylation sites (N-methyl/N-ethyl adjacent to an activating group) is 1. The number of nitrogens with two attached hydrogens (primary N) is 1. The number of fused-ring (bicyclic) bond motifs is 3. The number of aromatic hydroxyl groups is 1. The summed E-state index contributed by atoms with van der Waals surface area (Å²) < 4.78 is 10.9. The second-order valence-corrected chi connectivity index (χ2v) is 10.9. The number of allylic oxidation sites excluding steroid dienone is 1. The molecular formula is C29H33N3O9. The normalized spacial score (nSPS) is 25.8. The standard InChI is InChI=1S/C29H33N3O9/c1-32(2)22-17-11-14-10-16-15(25-13(6-8-41-25)12-31-7-9-40-3)4-5-18(33)20(16)23(34)19(14)26(36)29(17,39)27(37)21(24(22)35)28(30)38/h4-6,8,14,17,22,31,33,35-36,39H,7,9-12H2,1-3H3,(H2,30,38)/t14-,17-,22-,29-/m0/s1. The van der Waals surface area contributed by atoms with Gasteiger partial charge in [-0.05, 0) is 56.6 Å². The van der Waals surface area contributed by atoms with E-state index in [1.54, 1.807) is 33.3 Å². The van der Waals surface area contributed by atoms with E-state index in [1.165, 1.54) is 17.2 Å². The highest BCUT2D eigenvalue weighted by molar-refractivity contribution is 6.24. The van der Waals surface area contributed by atoms with Gasteiger partial charge in [-0.2, -0.15) is 0 Å². The summed E-state index contributed by atoms with van der Waals surface area (Å²) in [4.78, 5) is 41.0. The Hall–Kier alpha value is -3.97. The van der Waals surface area contributed by atoms with Gasteiger partial charge in [0.2, 0.25) is 5.78 Å². The Morgan fingerprint density at radius 3 is 2.61 bits per heavy atom. The van der Waals surface area contributed by atoms with Gasteiger partial charge in [0.05, 0.1) is 24.5 Å². The molecule has 3 aliphatic rings. The third-order valence-corrected chi connectivity index (χ3v) is 8.40. The third-order valence-electron chi connectivity index (χ3n) is 8.40. The SMILES string of the molecule is COCCNCc1ccoc1-c1ccc(O)c2c1C[C@H]1C[C@H]3[C@H](N(C)C)C(O)=C(C(N)=O)C(=O)[C@@]3(O)C(O)=C1C2=O. The number of phenolic OH excluding ortho intramolecular Hbond substituents is 1. The van der Waals surface area contributed by atoms with Crippen LogP contribution < -0.4 is 11.1 Å². The van der Waals surface area contributed by atoms with Crippen molar-refractivity contribution in [2.75, 3.05) is 34.4 Å². The van der Waals surface area contributed by atoms with E-state index >= 15 is 0 Å². The zero-order valence-corrected chi connectivity index (χ0v) is 22.9. The fraction of sp³-hybridized carbons (Fsp3) is 0.414. The Bertz CT molecular complexity index is 1500. The second-order valence-electron chi connectivity index (χ2n) is 10.9. The lowest BCUT2D eigenvalue weighted by Crippen LogP contribution is -2.63. The molecule has 0 radical (unpaired) electrons. The number of hydrogen-bond acceptors (Lipinski definition) is 11. The zero-order valence-electron chi connectivity index (χ0n) is 22.9. The first-order chi connectivity index (χ1) is 19.4. The van der Waals surface area contributed by atoms with Crippen molar-refractivity contribution >= 4 is 17.5 Å². The number of nitrogens with zero attached hydrogens (tertiary/aromatic N) is 1. The molecule has 1 amide bonds. The van der Waals surface area contributed by atoms with Gasteiger partial charge >= 0.3 is 0 Å². The number of primary amides is 1. The van der Waals surface area contributed by atoms with E-state index < -0.39 is 58.0 Å². The number of methoxy groups -OCH3 is 1. The van der Waals surface area contributed by atoms with Crippen molar-refractivity contribution in [3.05, 3.63) is 63.8 Å². The zero-order chi connectivity index (χ0) is 29.8. The largest absolute Gasteiger partial charge is 0.510 e. The molecule has 7 N–H and O–H groups in total. The highest BCUT2D eigenvalue weighted by Crippen LogP contribution is 2.53. The lowest BCUT2D eigenvalue weighted by molar-refractivity contribution is -0.148. The number of carbonyl (C=O) groups excluding carboxylic acids is 3. The van der Waals surface area contributed by atoms with Gasteiger partial charge in [-0.1, -0.05) is 0 Å². The Labute approximate surface area is 235 Å². The number of Topliss-reactive ketones (excluding diaryl/α,β-unsaturated/α-hetero) is 2. The molecule has 12 nitrogen and oxygen atoms in total. The maximum Gasteiger partial charge on any atom is 0.255 e. The van der Waals surface area contributed by atoms with E-state index in [1.807, 2.05) is 0 Å². The second kappa shape index (κ2) is 10.5. The average molecular weight is 568 g/mol. The van der Waals surface area contributed by atoms with E-state index in [-0.39, 0.29) is 29.7 Å². The Balaban J connectivity index is 1.63. The summed E-state index contributed by atoms with van der Waals surface area (Å²) in [6.07, 6.45) is 1.70. The number of aliphatic hydroxyl groups excluding tert-OH is 2. The van der Waals surface area contributed by atoms with Crippen LogP contribution in [-0.4, -0.2) is 88.8 Å². The van der Waals surface area contributed by atoms with Crippen LogP contribution in [0.2, 0.25) is 0 Å². The van der Waals surface area contributed by atoms with Crippen LogP contribution in [0.25, 0.3) is 11.3 Å². The maximum atomic E-state index is 13.9. The predicted molar refractivity (Wildman–Crippen MR) is 145 cm³/mol. The molecule has 0 aliphatic heterocycles. The van der Waals surface area contributed by atoms with Gasteiger partial charge in [0.15, 0.2) is 11.4 Å². The van der Waals surface area contributed by atoms with Gasteiger partial charge in [0, 0.05) is 42.8 Å². The summed E-state index contributed by atoms with van der Waals surface area (Å²) in [6, 6.07) is 3.76. The summed E-state index contributed by atoms with van der Waals surface area (Å²) in [5.74, 6) is -6.40. The summed E-state index contributed by atoms with van der Waals surface area (Å²) in [7, 11) is 4.78. The number of aliphatic hydroxyl groups is 3. The molecule has 0 spiro atoms. The molecule has 2 aromatic rings. The van der Waals surface area contributed by atoms with Crippen molar-refractivity contribution in [1.82, 2.24) is 10.2 Å². The van der Waals surface area contributed by atoms with Crippen molar-refractivity contribution in [1.29, 1.82) is 0 Å². The molecular weight excluding hydrogens is 534 g/mol. The average Bonchev–Trinajstić information content (AvgIpc) is 3.36. The van der Waals surface area contributed by atoms with Gasteiger partial charge in [-0.25, -0.2) is 0 Å². The van der Waals surface area contributed by atoms with E-state index in [0.717, 1.165) is 5.56 Å². The number of phenols is 1. The molecule has 1 heterocycles. The predicted octanol–water partition coefficient (Wildman–Crippen LogP) is 1.12. The Kier molecular flexibility index (Phi) is 7.28. The minimum absolute atomic E-state index is 0.00441. The molecule has 4 atom stereocenters. The van der Waals surface area contributed by atoms with Crippen molar-refractivity contribution < 1.29 is 44.0 Å². The van der Waals surface area contributed by atoms with Crippen LogP contribution in [-0.2, 0) is 27.3 Å². The van der Waals surface area contributed by atoms with Crippen LogP contribution in [0.1, 0.15) is 27.9 Å². The number of hydrogen-bond donors (Lipinski definition) is 6. The van der Waals surface area contributed by atoms with Crippen LogP contribution >= 0.6 is 0 Å². The van der Waals surface area contributed by atoms with Crippen LogP contribution in [0.5, 0.6) is 5.75 Å². The van der Waals surface area contributed by atoms with E-state index in [0.29, 0.717) is 36.6 Å². The van der Waals surface area contributed by atoms with Crippen molar-refractivity contribution in [3.8, 4) is 17.1 Å². The molecule has 0 unspecified atom stereocenters. The quantitative estimate of drug-likeness (QED) is 0.198. The van der Waals surface area contributed by atoms with E-state index in [4.69, 9.17) is 14.9 Å². The lowest BCUT2D eigenvalue weighted by atomic mass is 9.58. The fourth-order valence-corrected chi connectivity index (χ4v) is 6.57. The summed E-state index contributed by atoms with van der Waals surface area (Å²) >= 11 is 0. The van der Waals surface area contributed by atoms with Crippen LogP contribution in [0.4, 0.5) is 0 Å². The topological polar surface area (TPSA) is 196 Å². The van der Waals surface area contributed by atoms with E-state index in [2.05, 4.69) is 5.32 Å². The van der Waals surface area contributed by atoms with Gasteiger partial charge in [-0.3, -0.25) is 19.3 Å². The number of nitrogens with one attached hydrogen (secondary N) is 1. The highest BCUT2D eigenvalue weighted by atomic mass is 16.5. The van der Waals surface area contributed by atoms with Crippen LogP contribution in [0.15, 0.2) is 51.5 Å². The van der Waals surface area contributed by atoms with Gasteiger partial charge in [0.25, 0.3) is 5.91 Å². The number of carbonyl (C=O) groups is 3. The van der Waals surface area contributed by atoms with Gasteiger partial charge in [0.1, 0.15) is 28.6 Å². The molecule has 3 aliphatic carbocycles. The molecule has 41 heavy (non-hydrogen) atoms. The third kappa shape index (κ3) is 4.25. The van der Waals surface area contributed by atoms with Gasteiger partial charge in [-0.15, -0.1) is 0 Å². The first-order valence-corrected chi connectivity index (χ1v) is 13.2. The summed E-state index contributed by atoms with van der Waals surface area (Å²) in [5.41, 5.74) is 3.48. The Morgan fingerprint density at radius 2 is 1.95 bits per heavy atom. The van der Waals surface area contributed by atoms with E-state index in [9.17, 15) is 34.8 Å². The maximum absolute atomic E-state index is 13.9. The molecule has 0 fully saturated rings.